The molecule has 1 N–H and O–H groups in total. The highest BCUT2D eigenvalue weighted by Gasteiger charge is 2.22. The van der Waals surface area contributed by atoms with E-state index < -0.39 is 0 Å². The van der Waals surface area contributed by atoms with Crippen molar-refractivity contribution in [3.63, 3.8) is 0 Å². The molecule has 0 aromatic heterocycles. The van der Waals surface area contributed by atoms with Crippen LogP contribution < -0.4 is 5.32 Å². The maximum Gasteiger partial charge on any atom is 0.0991 e. The zero-order chi connectivity index (χ0) is 12.7. The number of hydrogen-bond donors (Lipinski definition) is 1. The minimum absolute atomic E-state index is 0.258. The van der Waals surface area contributed by atoms with Crippen LogP contribution in [-0.2, 0) is 6.54 Å². The standard InChI is InChI=1S/C15H22N2/c1-4-15(5-2,6-3)17-12-14-9-7-13(11-16)8-10-14/h7-10,17H,4-6,12H2,1-3H3. The average molecular weight is 230 g/mol. The van der Waals surface area contributed by atoms with Gasteiger partial charge in [-0.25, -0.2) is 0 Å². The van der Waals surface area contributed by atoms with Crippen molar-refractivity contribution in [1.29, 1.82) is 5.26 Å². The first-order valence-electron chi connectivity index (χ1n) is 6.43. The summed E-state index contributed by atoms with van der Waals surface area (Å²) in [6, 6.07) is 9.94. The van der Waals surface area contributed by atoms with Crippen LogP contribution in [0.2, 0.25) is 0 Å². The lowest BCUT2D eigenvalue weighted by molar-refractivity contribution is 0.288. The molecular formula is C15H22N2. The van der Waals surface area contributed by atoms with E-state index in [-0.39, 0.29) is 5.54 Å². The van der Waals surface area contributed by atoms with E-state index in [2.05, 4.69) is 32.2 Å². The van der Waals surface area contributed by atoms with Crippen LogP contribution in [0.25, 0.3) is 0 Å². The molecule has 0 heterocycles. The van der Waals surface area contributed by atoms with Gasteiger partial charge in [-0.2, -0.15) is 5.26 Å². The smallest absolute Gasteiger partial charge is 0.0991 e. The molecule has 1 aromatic carbocycles. The van der Waals surface area contributed by atoms with Gasteiger partial charge in [0.25, 0.3) is 0 Å². The fourth-order valence-electron chi connectivity index (χ4n) is 2.11. The van der Waals surface area contributed by atoms with E-state index in [4.69, 9.17) is 5.26 Å². The molecule has 1 aromatic rings. The molecule has 0 fully saturated rings. The van der Waals surface area contributed by atoms with Gasteiger partial charge in [0, 0.05) is 12.1 Å². The number of nitriles is 1. The Bertz CT molecular complexity index is 361. The van der Waals surface area contributed by atoms with Gasteiger partial charge in [-0.1, -0.05) is 32.9 Å². The normalized spacial score (nSPS) is 11.2. The van der Waals surface area contributed by atoms with Crippen LogP contribution in [0.5, 0.6) is 0 Å². The van der Waals surface area contributed by atoms with Crippen molar-refractivity contribution in [1.82, 2.24) is 5.32 Å². The van der Waals surface area contributed by atoms with Gasteiger partial charge in [-0.15, -0.1) is 0 Å². The lowest BCUT2D eigenvalue weighted by atomic mass is 9.89. The highest BCUT2D eigenvalue weighted by atomic mass is 15.0. The molecule has 2 nitrogen and oxygen atoms in total. The number of nitrogens with zero attached hydrogens (tertiary/aromatic N) is 1. The Morgan fingerprint density at radius 2 is 1.59 bits per heavy atom. The zero-order valence-corrected chi connectivity index (χ0v) is 11.1. The second-order valence-corrected chi connectivity index (χ2v) is 4.50. The Kier molecular flexibility index (Phi) is 5.18. The van der Waals surface area contributed by atoms with Crippen molar-refractivity contribution in [3.8, 4) is 6.07 Å². The van der Waals surface area contributed by atoms with Gasteiger partial charge in [0.1, 0.15) is 0 Å². The van der Waals surface area contributed by atoms with Crippen LogP contribution in [0.3, 0.4) is 0 Å². The summed E-state index contributed by atoms with van der Waals surface area (Å²) in [6.07, 6.45) is 3.45. The predicted octanol–water partition coefficient (Wildman–Crippen LogP) is 3.62. The topological polar surface area (TPSA) is 35.8 Å². The summed E-state index contributed by atoms with van der Waals surface area (Å²) in [5, 5.41) is 12.4. The molecule has 0 unspecified atom stereocenters. The van der Waals surface area contributed by atoms with E-state index in [0.717, 1.165) is 31.4 Å². The first-order chi connectivity index (χ1) is 8.19. The monoisotopic (exact) mass is 230 g/mol. The Labute approximate surface area is 105 Å². The van der Waals surface area contributed by atoms with Crippen LogP contribution in [0.1, 0.15) is 51.2 Å². The molecule has 0 aliphatic carbocycles. The van der Waals surface area contributed by atoms with Crippen LogP contribution >= 0.6 is 0 Å². The number of nitrogens with one attached hydrogen (secondary N) is 1. The lowest BCUT2D eigenvalue weighted by Gasteiger charge is -2.32. The fraction of sp³-hybridized carbons (Fsp3) is 0.533. The van der Waals surface area contributed by atoms with Gasteiger partial charge in [-0.05, 0) is 37.0 Å². The van der Waals surface area contributed by atoms with Crippen LogP contribution in [-0.4, -0.2) is 5.54 Å². The summed E-state index contributed by atoms with van der Waals surface area (Å²) in [7, 11) is 0. The van der Waals surface area contributed by atoms with Crippen molar-refractivity contribution in [2.75, 3.05) is 0 Å². The SMILES string of the molecule is CCC(CC)(CC)NCc1ccc(C#N)cc1. The maximum absolute atomic E-state index is 8.74. The van der Waals surface area contributed by atoms with Gasteiger partial charge in [0.2, 0.25) is 0 Å². The third kappa shape index (κ3) is 3.57. The Morgan fingerprint density at radius 3 is 2.00 bits per heavy atom. The largest absolute Gasteiger partial charge is 0.307 e. The van der Waals surface area contributed by atoms with Gasteiger partial charge < -0.3 is 5.32 Å². The van der Waals surface area contributed by atoms with Crippen molar-refractivity contribution < 1.29 is 0 Å². The summed E-state index contributed by atoms with van der Waals surface area (Å²) >= 11 is 0. The molecule has 0 aliphatic rings. The van der Waals surface area contributed by atoms with E-state index in [0.29, 0.717) is 0 Å². The highest BCUT2D eigenvalue weighted by molar-refractivity contribution is 5.31. The molecular weight excluding hydrogens is 208 g/mol. The van der Waals surface area contributed by atoms with E-state index in [1.54, 1.807) is 0 Å². The average Bonchev–Trinajstić information content (AvgIpc) is 2.41. The van der Waals surface area contributed by atoms with E-state index in [1.165, 1.54) is 5.56 Å². The molecule has 0 spiro atoms. The summed E-state index contributed by atoms with van der Waals surface area (Å²) in [5.74, 6) is 0. The van der Waals surface area contributed by atoms with Crippen LogP contribution in [0, 0.1) is 11.3 Å². The van der Waals surface area contributed by atoms with Gasteiger partial charge >= 0.3 is 0 Å². The Hall–Kier alpha value is -1.33. The number of hydrogen-bond acceptors (Lipinski definition) is 2. The van der Waals surface area contributed by atoms with Crippen molar-refractivity contribution in [2.24, 2.45) is 0 Å². The summed E-state index contributed by atoms with van der Waals surface area (Å²) in [5.41, 5.74) is 2.22. The van der Waals surface area contributed by atoms with Crippen molar-refractivity contribution >= 4 is 0 Å². The summed E-state index contributed by atoms with van der Waals surface area (Å²) in [4.78, 5) is 0. The first kappa shape index (κ1) is 13.7. The van der Waals surface area contributed by atoms with Crippen LogP contribution in [0.15, 0.2) is 24.3 Å². The lowest BCUT2D eigenvalue weighted by Crippen LogP contribution is -2.43. The second kappa shape index (κ2) is 6.42. The zero-order valence-electron chi connectivity index (χ0n) is 11.1. The number of benzene rings is 1. The van der Waals surface area contributed by atoms with E-state index >= 15 is 0 Å². The Balaban J connectivity index is 2.63. The third-order valence-corrected chi connectivity index (χ3v) is 3.78. The first-order valence-corrected chi connectivity index (χ1v) is 6.43. The van der Waals surface area contributed by atoms with E-state index in [9.17, 15) is 0 Å². The van der Waals surface area contributed by atoms with E-state index in [1.807, 2.05) is 24.3 Å². The molecule has 1 rings (SSSR count). The van der Waals surface area contributed by atoms with Gasteiger partial charge in [-0.3, -0.25) is 0 Å². The minimum atomic E-state index is 0.258. The molecule has 0 aliphatic heterocycles. The van der Waals surface area contributed by atoms with Crippen LogP contribution in [0.4, 0.5) is 0 Å². The minimum Gasteiger partial charge on any atom is -0.307 e. The molecule has 0 saturated heterocycles. The fourth-order valence-corrected chi connectivity index (χ4v) is 2.11. The molecule has 17 heavy (non-hydrogen) atoms. The summed E-state index contributed by atoms with van der Waals surface area (Å²) in [6.45, 7) is 7.58. The van der Waals surface area contributed by atoms with Gasteiger partial charge in [0.15, 0.2) is 0 Å². The molecule has 0 bridgehead atoms. The molecule has 0 amide bonds. The molecule has 92 valence electrons. The molecule has 0 saturated carbocycles. The van der Waals surface area contributed by atoms with Crippen molar-refractivity contribution in [2.45, 2.75) is 52.1 Å². The summed E-state index contributed by atoms with van der Waals surface area (Å²) < 4.78 is 0. The molecule has 0 radical (unpaired) electrons. The number of rotatable bonds is 6. The second-order valence-electron chi connectivity index (χ2n) is 4.50. The highest BCUT2D eigenvalue weighted by Crippen LogP contribution is 2.20. The third-order valence-electron chi connectivity index (χ3n) is 3.78. The predicted molar refractivity (Wildman–Crippen MR) is 71.6 cm³/mol. The maximum atomic E-state index is 8.74. The molecule has 2 heteroatoms. The Morgan fingerprint density at radius 1 is 1.06 bits per heavy atom. The molecule has 0 atom stereocenters. The van der Waals surface area contributed by atoms with Crippen molar-refractivity contribution in [3.05, 3.63) is 35.4 Å². The quantitative estimate of drug-likeness (QED) is 0.810. The van der Waals surface area contributed by atoms with Gasteiger partial charge in [0.05, 0.1) is 11.6 Å².